The van der Waals surface area contributed by atoms with Gasteiger partial charge in [-0.3, -0.25) is 0 Å². The van der Waals surface area contributed by atoms with Crippen molar-refractivity contribution in [2.45, 2.75) is 34.1 Å². The highest BCUT2D eigenvalue weighted by Crippen LogP contribution is 2.09. The largest absolute Gasteiger partial charge is 0.391 e. The van der Waals surface area contributed by atoms with Gasteiger partial charge in [-0.1, -0.05) is 32.9 Å². The SMILES string of the molecule is CCC(/C=C\C(C)C)=C(/C)NC. The quantitative estimate of drug-likeness (QED) is 0.634. The van der Waals surface area contributed by atoms with E-state index in [2.05, 4.69) is 45.2 Å². The third kappa shape index (κ3) is 4.22. The molecule has 1 N–H and O–H groups in total. The lowest BCUT2D eigenvalue weighted by molar-refractivity contribution is 0.827. The molecule has 0 aliphatic carbocycles. The van der Waals surface area contributed by atoms with E-state index < -0.39 is 0 Å². The number of nitrogens with one attached hydrogen (secondary N) is 1. The standard InChI is InChI=1S/C11H21N/c1-6-11(10(4)12-5)8-7-9(2)3/h7-9,12H,6H2,1-5H3/b8-7-,11-10+. The third-order valence-corrected chi connectivity index (χ3v) is 1.92. The van der Waals surface area contributed by atoms with E-state index in [0.717, 1.165) is 6.42 Å². The Morgan fingerprint density at radius 3 is 2.33 bits per heavy atom. The monoisotopic (exact) mass is 167 g/mol. The predicted octanol–water partition coefficient (Wildman–Crippen LogP) is 3.10. The fraction of sp³-hybridized carbons (Fsp3) is 0.636. The summed E-state index contributed by atoms with van der Waals surface area (Å²) in [5.41, 5.74) is 2.67. The molecule has 0 aliphatic heterocycles. The summed E-state index contributed by atoms with van der Waals surface area (Å²) < 4.78 is 0. The van der Waals surface area contributed by atoms with Crippen LogP contribution in [-0.2, 0) is 0 Å². The molecule has 1 nitrogen and oxygen atoms in total. The Kier molecular flexibility index (Phi) is 5.52. The van der Waals surface area contributed by atoms with Gasteiger partial charge < -0.3 is 5.32 Å². The fourth-order valence-corrected chi connectivity index (χ4v) is 0.977. The lowest BCUT2D eigenvalue weighted by Gasteiger charge is -2.05. The van der Waals surface area contributed by atoms with Gasteiger partial charge in [-0.05, 0) is 24.8 Å². The molecule has 0 saturated heterocycles. The van der Waals surface area contributed by atoms with E-state index in [1.54, 1.807) is 0 Å². The van der Waals surface area contributed by atoms with Crippen molar-refractivity contribution < 1.29 is 0 Å². The summed E-state index contributed by atoms with van der Waals surface area (Å²) in [6.45, 7) is 8.68. The molecule has 1 heteroatoms. The summed E-state index contributed by atoms with van der Waals surface area (Å²) in [5.74, 6) is 0.635. The molecule has 0 rings (SSSR count). The second-order valence-corrected chi connectivity index (χ2v) is 3.36. The van der Waals surface area contributed by atoms with Crippen LogP contribution in [0.3, 0.4) is 0 Å². The van der Waals surface area contributed by atoms with Crippen molar-refractivity contribution in [1.29, 1.82) is 0 Å². The molecule has 0 atom stereocenters. The number of hydrogen-bond acceptors (Lipinski definition) is 1. The van der Waals surface area contributed by atoms with Gasteiger partial charge in [-0.15, -0.1) is 0 Å². The van der Waals surface area contributed by atoms with Gasteiger partial charge in [0.2, 0.25) is 0 Å². The number of hydrogen-bond donors (Lipinski definition) is 1. The molecule has 0 spiro atoms. The smallest absolute Gasteiger partial charge is 0.0105 e. The highest BCUT2D eigenvalue weighted by atomic mass is 14.8. The average Bonchev–Trinajstić information content (AvgIpc) is 2.04. The van der Waals surface area contributed by atoms with E-state index in [4.69, 9.17) is 0 Å². The van der Waals surface area contributed by atoms with Crippen LogP contribution in [0.5, 0.6) is 0 Å². The Morgan fingerprint density at radius 2 is 2.00 bits per heavy atom. The third-order valence-electron chi connectivity index (χ3n) is 1.92. The van der Waals surface area contributed by atoms with Crippen LogP contribution in [0.25, 0.3) is 0 Å². The molecule has 70 valence electrons. The second kappa shape index (κ2) is 5.87. The Balaban J connectivity index is 4.36. The van der Waals surface area contributed by atoms with Gasteiger partial charge in [-0.2, -0.15) is 0 Å². The molecular formula is C11H21N. The topological polar surface area (TPSA) is 12.0 Å². The molecule has 0 radical (unpaired) electrons. The first kappa shape index (κ1) is 11.3. The molecule has 0 aliphatic rings. The molecular weight excluding hydrogens is 146 g/mol. The van der Waals surface area contributed by atoms with Crippen LogP contribution in [0, 0.1) is 5.92 Å². The maximum Gasteiger partial charge on any atom is 0.0105 e. The number of rotatable bonds is 4. The van der Waals surface area contributed by atoms with Gasteiger partial charge in [0.15, 0.2) is 0 Å². The van der Waals surface area contributed by atoms with Crippen molar-refractivity contribution in [3.8, 4) is 0 Å². The molecule has 0 fully saturated rings. The highest BCUT2D eigenvalue weighted by Gasteiger charge is 1.93. The first-order valence-corrected chi connectivity index (χ1v) is 4.67. The normalized spacial score (nSPS) is 13.8. The second-order valence-electron chi connectivity index (χ2n) is 3.36. The molecule has 0 saturated carbocycles. The van der Waals surface area contributed by atoms with Crippen LogP contribution in [-0.4, -0.2) is 7.05 Å². The zero-order valence-electron chi connectivity index (χ0n) is 8.94. The van der Waals surface area contributed by atoms with Gasteiger partial charge in [-0.25, -0.2) is 0 Å². The summed E-state index contributed by atoms with van der Waals surface area (Å²) >= 11 is 0. The summed E-state index contributed by atoms with van der Waals surface area (Å²) in [7, 11) is 1.97. The van der Waals surface area contributed by atoms with Gasteiger partial charge in [0.05, 0.1) is 0 Å². The van der Waals surface area contributed by atoms with Crippen molar-refractivity contribution in [3.63, 3.8) is 0 Å². The van der Waals surface area contributed by atoms with Crippen LogP contribution < -0.4 is 5.32 Å². The summed E-state index contributed by atoms with van der Waals surface area (Å²) in [5, 5.41) is 3.17. The Labute approximate surface area is 76.6 Å². The molecule has 0 unspecified atom stereocenters. The van der Waals surface area contributed by atoms with E-state index in [9.17, 15) is 0 Å². The first-order chi connectivity index (χ1) is 5.61. The highest BCUT2D eigenvalue weighted by molar-refractivity contribution is 5.23. The summed E-state index contributed by atoms with van der Waals surface area (Å²) in [6.07, 6.45) is 5.55. The zero-order valence-corrected chi connectivity index (χ0v) is 8.94. The van der Waals surface area contributed by atoms with Crippen LogP contribution in [0.15, 0.2) is 23.4 Å². The van der Waals surface area contributed by atoms with Gasteiger partial charge in [0, 0.05) is 12.7 Å². The number of allylic oxidation sites excluding steroid dienone is 4. The van der Waals surface area contributed by atoms with E-state index in [1.165, 1.54) is 11.3 Å². The van der Waals surface area contributed by atoms with Crippen molar-refractivity contribution in [2.75, 3.05) is 7.05 Å². The van der Waals surface area contributed by atoms with Gasteiger partial charge >= 0.3 is 0 Å². The van der Waals surface area contributed by atoms with Crippen LogP contribution >= 0.6 is 0 Å². The zero-order chi connectivity index (χ0) is 9.56. The molecule has 0 amide bonds. The van der Waals surface area contributed by atoms with Crippen molar-refractivity contribution in [1.82, 2.24) is 5.32 Å². The van der Waals surface area contributed by atoms with E-state index in [-0.39, 0.29) is 0 Å². The van der Waals surface area contributed by atoms with E-state index >= 15 is 0 Å². The summed E-state index contributed by atoms with van der Waals surface area (Å²) in [4.78, 5) is 0. The Hall–Kier alpha value is -0.720. The van der Waals surface area contributed by atoms with Crippen molar-refractivity contribution in [3.05, 3.63) is 23.4 Å². The fourth-order valence-electron chi connectivity index (χ4n) is 0.977. The van der Waals surface area contributed by atoms with Crippen molar-refractivity contribution >= 4 is 0 Å². The van der Waals surface area contributed by atoms with E-state index in [0.29, 0.717) is 5.92 Å². The lowest BCUT2D eigenvalue weighted by atomic mass is 10.1. The summed E-state index contributed by atoms with van der Waals surface area (Å²) in [6, 6.07) is 0. The Bertz CT molecular complexity index is 175. The molecule has 0 aromatic rings. The minimum Gasteiger partial charge on any atom is -0.391 e. The first-order valence-electron chi connectivity index (χ1n) is 4.67. The van der Waals surface area contributed by atoms with Crippen LogP contribution in [0.2, 0.25) is 0 Å². The lowest BCUT2D eigenvalue weighted by Crippen LogP contribution is -2.04. The molecule has 0 heterocycles. The molecule has 12 heavy (non-hydrogen) atoms. The van der Waals surface area contributed by atoms with Gasteiger partial charge in [0.25, 0.3) is 0 Å². The minimum atomic E-state index is 0.635. The van der Waals surface area contributed by atoms with Crippen LogP contribution in [0.4, 0.5) is 0 Å². The van der Waals surface area contributed by atoms with Crippen molar-refractivity contribution in [2.24, 2.45) is 5.92 Å². The Morgan fingerprint density at radius 1 is 1.42 bits per heavy atom. The van der Waals surface area contributed by atoms with E-state index in [1.807, 2.05) is 7.05 Å². The molecule has 0 aromatic heterocycles. The maximum atomic E-state index is 3.17. The minimum absolute atomic E-state index is 0.635. The molecule has 0 bridgehead atoms. The average molecular weight is 167 g/mol. The van der Waals surface area contributed by atoms with Crippen LogP contribution in [0.1, 0.15) is 34.1 Å². The molecule has 0 aromatic carbocycles. The van der Waals surface area contributed by atoms with Gasteiger partial charge in [0.1, 0.15) is 0 Å². The predicted molar refractivity (Wildman–Crippen MR) is 56.0 cm³/mol. The maximum absolute atomic E-state index is 3.17.